The Balaban J connectivity index is 1.94. The summed E-state index contributed by atoms with van der Waals surface area (Å²) in [4.78, 5) is 14.1. The second kappa shape index (κ2) is 6.68. The molecule has 0 radical (unpaired) electrons. The summed E-state index contributed by atoms with van der Waals surface area (Å²) in [6.45, 7) is 2.88. The smallest absolute Gasteiger partial charge is 0.242 e. The Morgan fingerprint density at radius 3 is 2.90 bits per heavy atom. The average molecular weight is 282 g/mol. The summed E-state index contributed by atoms with van der Waals surface area (Å²) < 4.78 is 26.2. The van der Waals surface area contributed by atoms with Gasteiger partial charge in [0.05, 0.1) is 12.2 Å². The summed E-state index contributed by atoms with van der Waals surface area (Å²) in [7, 11) is 0. The lowest BCUT2D eigenvalue weighted by Crippen LogP contribution is -2.45. The Morgan fingerprint density at radius 1 is 1.40 bits per heavy atom. The molecule has 1 aliphatic rings. The van der Waals surface area contributed by atoms with Gasteiger partial charge < -0.3 is 10.2 Å². The molecule has 0 aromatic heterocycles. The van der Waals surface area contributed by atoms with Crippen molar-refractivity contribution in [2.24, 2.45) is 0 Å². The fourth-order valence-electron chi connectivity index (χ4n) is 2.66. The second-order valence-corrected chi connectivity index (χ2v) is 5.12. The Morgan fingerprint density at radius 2 is 2.20 bits per heavy atom. The van der Waals surface area contributed by atoms with E-state index in [1.165, 1.54) is 12.1 Å². The van der Waals surface area contributed by atoms with Crippen LogP contribution in [0.4, 0.5) is 14.5 Å². The number of hydrogen-bond acceptors (Lipinski definition) is 2. The lowest BCUT2D eigenvalue weighted by atomic mass is 10.00. The molecule has 1 atom stereocenters. The standard InChI is InChI=1S/C15H20F2N2O/c1-2-12-5-3-4-8-19(12)15(20)10-18-14-7-6-11(16)9-13(14)17/h6-7,9,12,18H,2-5,8,10H2,1H3. The van der Waals surface area contributed by atoms with Gasteiger partial charge in [-0.25, -0.2) is 8.78 Å². The molecule has 0 spiro atoms. The van der Waals surface area contributed by atoms with Crippen LogP contribution in [0.3, 0.4) is 0 Å². The molecule has 1 aromatic carbocycles. The molecule has 3 nitrogen and oxygen atoms in total. The first-order valence-corrected chi connectivity index (χ1v) is 7.10. The minimum atomic E-state index is -0.677. The molecule has 0 saturated carbocycles. The number of carbonyl (C=O) groups is 1. The molecule has 1 unspecified atom stereocenters. The molecule has 1 aromatic rings. The Hall–Kier alpha value is -1.65. The van der Waals surface area contributed by atoms with Crippen LogP contribution in [-0.4, -0.2) is 29.9 Å². The monoisotopic (exact) mass is 282 g/mol. The van der Waals surface area contributed by atoms with Crippen LogP contribution < -0.4 is 5.32 Å². The van der Waals surface area contributed by atoms with Gasteiger partial charge in [0.15, 0.2) is 0 Å². The Kier molecular flexibility index (Phi) is 4.93. The summed E-state index contributed by atoms with van der Waals surface area (Å²) in [5, 5.41) is 2.75. The van der Waals surface area contributed by atoms with Crippen molar-refractivity contribution in [2.75, 3.05) is 18.4 Å². The van der Waals surface area contributed by atoms with Crippen LogP contribution in [0.15, 0.2) is 18.2 Å². The van der Waals surface area contributed by atoms with Crippen LogP contribution in [0.5, 0.6) is 0 Å². The first-order chi connectivity index (χ1) is 9.61. The molecule has 1 aliphatic heterocycles. The van der Waals surface area contributed by atoms with Crippen molar-refractivity contribution in [3.63, 3.8) is 0 Å². The Labute approximate surface area is 118 Å². The summed E-state index contributed by atoms with van der Waals surface area (Å²) in [5.41, 5.74) is 0.157. The minimum Gasteiger partial charge on any atom is -0.374 e. The van der Waals surface area contributed by atoms with E-state index in [-0.39, 0.29) is 24.2 Å². The van der Waals surface area contributed by atoms with Crippen LogP contribution in [0.25, 0.3) is 0 Å². The summed E-state index contributed by atoms with van der Waals surface area (Å²) >= 11 is 0. The third kappa shape index (κ3) is 3.46. The predicted molar refractivity (Wildman–Crippen MR) is 74.5 cm³/mol. The number of anilines is 1. The maximum absolute atomic E-state index is 13.5. The van der Waals surface area contributed by atoms with Crippen LogP contribution in [-0.2, 0) is 4.79 Å². The number of amides is 1. The van der Waals surface area contributed by atoms with E-state index in [9.17, 15) is 13.6 Å². The number of benzene rings is 1. The molecule has 1 heterocycles. The van der Waals surface area contributed by atoms with Crippen LogP contribution >= 0.6 is 0 Å². The maximum atomic E-state index is 13.5. The van der Waals surface area contributed by atoms with Gasteiger partial charge in [-0.15, -0.1) is 0 Å². The molecule has 0 bridgehead atoms. The Bertz CT molecular complexity index is 479. The number of likely N-dealkylation sites (tertiary alicyclic amines) is 1. The number of halogens is 2. The van der Waals surface area contributed by atoms with Gasteiger partial charge in [0.2, 0.25) is 5.91 Å². The number of nitrogens with zero attached hydrogens (tertiary/aromatic N) is 1. The molecule has 20 heavy (non-hydrogen) atoms. The van der Waals surface area contributed by atoms with Gasteiger partial charge in [-0.05, 0) is 37.8 Å². The summed E-state index contributed by atoms with van der Waals surface area (Å²) in [6, 6.07) is 3.58. The van der Waals surface area contributed by atoms with E-state index < -0.39 is 11.6 Å². The quantitative estimate of drug-likeness (QED) is 0.920. The minimum absolute atomic E-state index is 0.0275. The van der Waals surface area contributed by atoms with Gasteiger partial charge in [-0.1, -0.05) is 6.92 Å². The molecule has 5 heteroatoms. The number of nitrogens with one attached hydrogen (secondary N) is 1. The van der Waals surface area contributed by atoms with Crippen molar-refractivity contribution in [1.82, 2.24) is 4.90 Å². The van der Waals surface area contributed by atoms with Crippen molar-refractivity contribution in [1.29, 1.82) is 0 Å². The highest BCUT2D eigenvalue weighted by Crippen LogP contribution is 2.20. The number of rotatable bonds is 4. The zero-order valence-electron chi connectivity index (χ0n) is 11.7. The predicted octanol–water partition coefficient (Wildman–Crippen LogP) is 3.17. The fourth-order valence-corrected chi connectivity index (χ4v) is 2.66. The van der Waals surface area contributed by atoms with Crippen molar-refractivity contribution in [2.45, 2.75) is 38.6 Å². The van der Waals surface area contributed by atoms with E-state index in [1.54, 1.807) is 0 Å². The van der Waals surface area contributed by atoms with Gasteiger partial charge in [0.1, 0.15) is 11.6 Å². The van der Waals surface area contributed by atoms with Crippen LogP contribution in [0.2, 0.25) is 0 Å². The van der Waals surface area contributed by atoms with Gasteiger partial charge in [-0.2, -0.15) is 0 Å². The molecule has 2 rings (SSSR count). The average Bonchev–Trinajstić information content (AvgIpc) is 2.46. The first-order valence-electron chi connectivity index (χ1n) is 7.10. The SMILES string of the molecule is CCC1CCCCN1C(=O)CNc1ccc(F)cc1F. The van der Waals surface area contributed by atoms with E-state index in [1.807, 2.05) is 4.90 Å². The van der Waals surface area contributed by atoms with E-state index in [4.69, 9.17) is 0 Å². The zero-order valence-corrected chi connectivity index (χ0v) is 11.7. The highest BCUT2D eigenvalue weighted by Gasteiger charge is 2.24. The van der Waals surface area contributed by atoms with Gasteiger partial charge >= 0.3 is 0 Å². The topological polar surface area (TPSA) is 32.3 Å². The van der Waals surface area contributed by atoms with Crippen molar-refractivity contribution < 1.29 is 13.6 Å². The van der Waals surface area contributed by atoms with Gasteiger partial charge in [0, 0.05) is 18.7 Å². The van der Waals surface area contributed by atoms with E-state index >= 15 is 0 Å². The third-order valence-corrected chi connectivity index (χ3v) is 3.78. The normalized spacial score (nSPS) is 18.9. The van der Waals surface area contributed by atoms with Crippen molar-refractivity contribution in [3.8, 4) is 0 Å². The molecule has 1 amide bonds. The van der Waals surface area contributed by atoms with Crippen LogP contribution in [0.1, 0.15) is 32.6 Å². The van der Waals surface area contributed by atoms with Crippen molar-refractivity contribution >= 4 is 11.6 Å². The fraction of sp³-hybridized carbons (Fsp3) is 0.533. The maximum Gasteiger partial charge on any atom is 0.242 e. The molecule has 1 saturated heterocycles. The molecule has 1 N–H and O–H groups in total. The molecule has 0 aliphatic carbocycles. The summed E-state index contributed by atoms with van der Waals surface area (Å²) in [6.07, 6.45) is 4.15. The van der Waals surface area contributed by atoms with Gasteiger partial charge in [0.25, 0.3) is 0 Å². The third-order valence-electron chi connectivity index (χ3n) is 3.78. The number of carbonyl (C=O) groups excluding carboxylic acids is 1. The summed E-state index contributed by atoms with van der Waals surface area (Å²) in [5.74, 6) is -1.33. The van der Waals surface area contributed by atoms with Crippen LogP contribution in [0, 0.1) is 11.6 Å². The highest BCUT2D eigenvalue weighted by atomic mass is 19.1. The van der Waals surface area contributed by atoms with E-state index in [2.05, 4.69) is 12.2 Å². The second-order valence-electron chi connectivity index (χ2n) is 5.12. The molecule has 1 fully saturated rings. The lowest BCUT2D eigenvalue weighted by Gasteiger charge is -2.35. The molecular formula is C15H20F2N2O. The number of piperidine rings is 1. The van der Waals surface area contributed by atoms with Crippen molar-refractivity contribution in [3.05, 3.63) is 29.8 Å². The zero-order chi connectivity index (χ0) is 14.5. The lowest BCUT2D eigenvalue weighted by molar-refractivity contribution is -0.133. The molecule has 110 valence electrons. The van der Waals surface area contributed by atoms with E-state index in [0.717, 1.165) is 38.3 Å². The molecular weight excluding hydrogens is 262 g/mol. The van der Waals surface area contributed by atoms with Gasteiger partial charge in [-0.3, -0.25) is 4.79 Å². The van der Waals surface area contributed by atoms with E-state index in [0.29, 0.717) is 0 Å². The first kappa shape index (κ1) is 14.8. The number of hydrogen-bond donors (Lipinski definition) is 1. The largest absolute Gasteiger partial charge is 0.374 e. The highest BCUT2D eigenvalue weighted by molar-refractivity contribution is 5.81.